The van der Waals surface area contributed by atoms with Crippen LogP contribution >= 0.6 is 11.6 Å². The lowest BCUT2D eigenvalue weighted by atomic mass is 10.5. The zero-order chi connectivity index (χ0) is 9.90. The Morgan fingerprint density at radius 1 is 1.62 bits per heavy atom. The molecule has 0 aromatic carbocycles. The summed E-state index contributed by atoms with van der Waals surface area (Å²) in [6, 6.07) is 3.10. The van der Waals surface area contributed by atoms with Crippen molar-refractivity contribution in [3.63, 3.8) is 0 Å². The van der Waals surface area contributed by atoms with E-state index in [1.807, 2.05) is 4.83 Å². The fraction of sp³-hybridized carbons (Fsp3) is 0.167. The van der Waals surface area contributed by atoms with Crippen LogP contribution in [-0.4, -0.2) is 20.9 Å². The highest BCUT2D eigenvalue weighted by Crippen LogP contribution is 2.10. The van der Waals surface area contributed by atoms with Gasteiger partial charge >= 0.3 is 0 Å². The first-order valence-corrected chi connectivity index (χ1v) is 5.49. The van der Waals surface area contributed by atoms with Crippen molar-refractivity contribution >= 4 is 27.8 Å². The van der Waals surface area contributed by atoms with Gasteiger partial charge in [-0.2, -0.15) is 5.10 Å². The van der Waals surface area contributed by atoms with Crippen molar-refractivity contribution in [2.75, 3.05) is 6.26 Å². The third-order valence-electron chi connectivity index (χ3n) is 1.00. The van der Waals surface area contributed by atoms with Gasteiger partial charge < -0.3 is 4.42 Å². The predicted octanol–water partition coefficient (Wildman–Crippen LogP) is 0.816. The SMILES string of the molecule is CS(=O)(=O)N/N=C/c1ccc(Cl)o1. The smallest absolute Gasteiger partial charge is 0.244 e. The molecule has 1 heterocycles. The standard InChI is InChI=1S/C6H7ClN2O3S/c1-13(10,11)9-8-4-5-2-3-6(7)12-5/h2-4,9H,1H3/b8-4+. The second kappa shape index (κ2) is 3.80. The van der Waals surface area contributed by atoms with Crippen molar-refractivity contribution in [1.82, 2.24) is 4.83 Å². The Bertz CT molecular complexity index is 409. The molecular weight excluding hydrogens is 216 g/mol. The molecule has 72 valence electrons. The number of hydrogen-bond donors (Lipinski definition) is 1. The number of hydrogen-bond acceptors (Lipinski definition) is 4. The van der Waals surface area contributed by atoms with E-state index < -0.39 is 10.0 Å². The monoisotopic (exact) mass is 222 g/mol. The van der Waals surface area contributed by atoms with Crippen molar-refractivity contribution in [2.24, 2.45) is 5.10 Å². The molecule has 1 aromatic rings. The van der Waals surface area contributed by atoms with E-state index in [0.717, 1.165) is 6.26 Å². The molecule has 0 saturated heterocycles. The lowest BCUT2D eigenvalue weighted by Gasteiger charge is -1.92. The molecule has 0 unspecified atom stereocenters. The number of sulfonamides is 1. The molecule has 1 rings (SSSR count). The maximum Gasteiger partial charge on any atom is 0.244 e. The van der Waals surface area contributed by atoms with Gasteiger partial charge in [-0.3, -0.25) is 0 Å². The van der Waals surface area contributed by atoms with Crippen molar-refractivity contribution in [3.05, 3.63) is 23.1 Å². The Balaban J connectivity index is 2.60. The van der Waals surface area contributed by atoms with Crippen LogP contribution in [0.3, 0.4) is 0 Å². The summed E-state index contributed by atoms with van der Waals surface area (Å²) in [5.41, 5.74) is 0. The molecule has 0 aliphatic rings. The highest BCUT2D eigenvalue weighted by Gasteiger charge is 1.97. The minimum absolute atomic E-state index is 0.223. The summed E-state index contributed by atoms with van der Waals surface area (Å²) in [7, 11) is -3.31. The van der Waals surface area contributed by atoms with E-state index in [4.69, 9.17) is 16.0 Å². The minimum Gasteiger partial charge on any atom is -0.444 e. The highest BCUT2D eigenvalue weighted by atomic mass is 35.5. The van der Waals surface area contributed by atoms with E-state index in [0.29, 0.717) is 5.76 Å². The first-order chi connectivity index (χ1) is 5.97. The summed E-state index contributed by atoms with van der Waals surface area (Å²) >= 11 is 5.46. The minimum atomic E-state index is -3.31. The molecule has 1 aromatic heterocycles. The van der Waals surface area contributed by atoms with Crippen molar-refractivity contribution in [3.8, 4) is 0 Å². The average molecular weight is 223 g/mol. The molecule has 0 atom stereocenters. The van der Waals surface area contributed by atoms with Crippen LogP contribution in [0.5, 0.6) is 0 Å². The number of rotatable bonds is 3. The molecule has 1 N–H and O–H groups in total. The van der Waals surface area contributed by atoms with Gasteiger partial charge in [-0.25, -0.2) is 13.2 Å². The van der Waals surface area contributed by atoms with Crippen LogP contribution < -0.4 is 4.83 Å². The van der Waals surface area contributed by atoms with E-state index in [1.54, 1.807) is 6.07 Å². The molecule has 5 nitrogen and oxygen atoms in total. The molecule has 0 saturated carbocycles. The first kappa shape index (κ1) is 10.1. The summed E-state index contributed by atoms with van der Waals surface area (Å²) in [5, 5.41) is 3.63. The Labute approximate surface area is 80.4 Å². The third kappa shape index (κ3) is 3.95. The second-order valence-corrected chi connectivity index (χ2v) is 4.36. The van der Waals surface area contributed by atoms with Crippen molar-refractivity contribution < 1.29 is 12.8 Å². The Kier molecular flexibility index (Phi) is 2.94. The maximum atomic E-state index is 10.5. The van der Waals surface area contributed by atoms with Gasteiger partial charge in [0.1, 0.15) is 5.76 Å². The Morgan fingerprint density at radius 2 is 2.31 bits per heavy atom. The van der Waals surface area contributed by atoms with Crippen LogP contribution in [0.2, 0.25) is 5.22 Å². The van der Waals surface area contributed by atoms with Gasteiger partial charge in [0.15, 0.2) is 5.22 Å². The quantitative estimate of drug-likeness (QED) is 0.608. The highest BCUT2D eigenvalue weighted by molar-refractivity contribution is 7.88. The van der Waals surface area contributed by atoms with E-state index in [1.165, 1.54) is 12.3 Å². The molecule has 13 heavy (non-hydrogen) atoms. The molecule has 0 bridgehead atoms. The van der Waals surface area contributed by atoms with Crippen LogP contribution in [0.25, 0.3) is 0 Å². The van der Waals surface area contributed by atoms with Crippen LogP contribution in [0.1, 0.15) is 5.76 Å². The number of furan rings is 1. The van der Waals surface area contributed by atoms with Gasteiger partial charge in [0.25, 0.3) is 0 Å². The number of nitrogens with zero attached hydrogens (tertiary/aromatic N) is 1. The van der Waals surface area contributed by atoms with Gasteiger partial charge in [0, 0.05) is 0 Å². The van der Waals surface area contributed by atoms with Gasteiger partial charge in [0.05, 0.1) is 12.5 Å². The van der Waals surface area contributed by atoms with E-state index in [-0.39, 0.29) is 5.22 Å². The summed E-state index contributed by atoms with van der Waals surface area (Å²) in [5.74, 6) is 0.376. The lowest BCUT2D eigenvalue weighted by Crippen LogP contribution is -2.15. The van der Waals surface area contributed by atoms with Gasteiger partial charge in [-0.05, 0) is 23.7 Å². The number of hydrazone groups is 1. The van der Waals surface area contributed by atoms with Crippen LogP contribution in [0, 0.1) is 0 Å². The fourth-order valence-corrected chi connectivity index (χ4v) is 0.980. The van der Waals surface area contributed by atoms with Crippen LogP contribution in [-0.2, 0) is 10.0 Å². The summed E-state index contributed by atoms with van der Waals surface area (Å²) < 4.78 is 26.0. The largest absolute Gasteiger partial charge is 0.444 e. The summed E-state index contributed by atoms with van der Waals surface area (Å²) in [6.07, 6.45) is 2.21. The zero-order valence-electron chi connectivity index (χ0n) is 6.69. The molecule has 0 amide bonds. The molecular formula is C6H7ClN2O3S. The molecule has 0 aliphatic heterocycles. The lowest BCUT2D eigenvalue weighted by molar-refractivity contribution is 0.561. The molecule has 0 aliphatic carbocycles. The fourth-order valence-electron chi connectivity index (χ4n) is 0.583. The van der Waals surface area contributed by atoms with E-state index in [9.17, 15) is 8.42 Å². The van der Waals surface area contributed by atoms with Crippen LogP contribution in [0.4, 0.5) is 0 Å². The van der Waals surface area contributed by atoms with Gasteiger partial charge in [-0.1, -0.05) is 0 Å². The predicted molar refractivity (Wildman–Crippen MR) is 49.3 cm³/mol. The summed E-state index contributed by atoms with van der Waals surface area (Å²) in [4.78, 5) is 1.92. The molecule has 0 spiro atoms. The topological polar surface area (TPSA) is 71.7 Å². The molecule has 0 fully saturated rings. The third-order valence-corrected chi connectivity index (χ3v) is 1.64. The Morgan fingerprint density at radius 3 is 2.77 bits per heavy atom. The van der Waals surface area contributed by atoms with Crippen molar-refractivity contribution in [2.45, 2.75) is 0 Å². The maximum absolute atomic E-state index is 10.5. The van der Waals surface area contributed by atoms with Crippen LogP contribution in [0.15, 0.2) is 21.7 Å². The zero-order valence-corrected chi connectivity index (χ0v) is 8.26. The molecule has 0 radical (unpaired) electrons. The average Bonchev–Trinajstić information content (AvgIpc) is 2.33. The van der Waals surface area contributed by atoms with E-state index in [2.05, 4.69) is 5.10 Å². The van der Waals surface area contributed by atoms with Gasteiger partial charge in [-0.15, -0.1) is 0 Å². The Hall–Kier alpha value is -1.01. The number of halogens is 1. The van der Waals surface area contributed by atoms with Crippen molar-refractivity contribution in [1.29, 1.82) is 0 Å². The van der Waals surface area contributed by atoms with Gasteiger partial charge in [0.2, 0.25) is 10.0 Å². The normalized spacial score (nSPS) is 12.2. The second-order valence-electron chi connectivity index (χ2n) is 2.26. The molecule has 7 heteroatoms. The first-order valence-electron chi connectivity index (χ1n) is 3.22. The van der Waals surface area contributed by atoms with E-state index >= 15 is 0 Å². The number of nitrogens with one attached hydrogen (secondary N) is 1. The summed E-state index contributed by atoms with van der Waals surface area (Å²) in [6.45, 7) is 0.